The molecule has 0 aliphatic rings. The first kappa shape index (κ1) is 16.9. The summed E-state index contributed by atoms with van der Waals surface area (Å²) in [6.07, 6.45) is 0.843. The van der Waals surface area contributed by atoms with Crippen molar-refractivity contribution in [3.8, 4) is 0 Å². The Bertz CT molecular complexity index is 293. The average molecular weight is 257 g/mol. The lowest BCUT2D eigenvalue weighted by molar-refractivity contribution is -0.135. The molecule has 0 aliphatic carbocycles. The standard InChI is InChI=1S/C13H27N3O2/c1-9(2)7-10(12(18)16(5)6)15-11(17)8-13(3,4)14/h9-10H,7-8,14H2,1-6H3,(H,15,17). The molecule has 0 aliphatic heterocycles. The minimum Gasteiger partial charge on any atom is -0.347 e. The van der Waals surface area contributed by atoms with E-state index in [4.69, 9.17) is 5.73 Å². The van der Waals surface area contributed by atoms with Crippen LogP contribution in [0.4, 0.5) is 0 Å². The fraction of sp³-hybridized carbons (Fsp3) is 0.846. The van der Waals surface area contributed by atoms with Gasteiger partial charge in [-0.15, -0.1) is 0 Å². The zero-order chi connectivity index (χ0) is 14.5. The van der Waals surface area contributed by atoms with Crippen molar-refractivity contribution in [3.63, 3.8) is 0 Å². The van der Waals surface area contributed by atoms with E-state index in [1.807, 2.05) is 13.8 Å². The second-order valence-corrected chi connectivity index (χ2v) is 6.15. The molecule has 3 N–H and O–H groups in total. The highest BCUT2D eigenvalue weighted by molar-refractivity contribution is 5.87. The SMILES string of the molecule is CC(C)CC(NC(=O)CC(C)(C)N)C(=O)N(C)C. The van der Waals surface area contributed by atoms with Gasteiger partial charge in [-0.25, -0.2) is 0 Å². The van der Waals surface area contributed by atoms with Crippen molar-refractivity contribution in [2.75, 3.05) is 14.1 Å². The van der Waals surface area contributed by atoms with Crippen molar-refractivity contribution in [3.05, 3.63) is 0 Å². The summed E-state index contributed by atoms with van der Waals surface area (Å²) in [4.78, 5) is 25.3. The van der Waals surface area contributed by atoms with Gasteiger partial charge in [0.05, 0.1) is 0 Å². The maximum atomic E-state index is 12.0. The van der Waals surface area contributed by atoms with E-state index in [1.54, 1.807) is 27.9 Å². The third-order valence-electron chi connectivity index (χ3n) is 2.40. The van der Waals surface area contributed by atoms with Gasteiger partial charge in [0.2, 0.25) is 11.8 Å². The quantitative estimate of drug-likeness (QED) is 0.736. The number of hydrogen-bond donors (Lipinski definition) is 2. The molecule has 5 heteroatoms. The summed E-state index contributed by atoms with van der Waals surface area (Å²) >= 11 is 0. The van der Waals surface area contributed by atoms with Crippen LogP contribution in [0.1, 0.15) is 40.5 Å². The predicted molar refractivity (Wildman–Crippen MR) is 73.0 cm³/mol. The lowest BCUT2D eigenvalue weighted by Crippen LogP contribution is -2.49. The molecule has 0 radical (unpaired) electrons. The Morgan fingerprint density at radius 3 is 2.11 bits per heavy atom. The number of nitrogens with two attached hydrogens (primary N) is 1. The minimum absolute atomic E-state index is 0.0770. The molecule has 0 aromatic rings. The average Bonchev–Trinajstić information content (AvgIpc) is 2.11. The summed E-state index contributed by atoms with van der Waals surface area (Å²) in [7, 11) is 3.38. The Balaban J connectivity index is 4.60. The second-order valence-electron chi connectivity index (χ2n) is 6.15. The molecular formula is C13H27N3O2. The van der Waals surface area contributed by atoms with Crippen LogP contribution >= 0.6 is 0 Å². The first-order valence-electron chi connectivity index (χ1n) is 6.32. The fourth-order valence-electron chi connectivity index (χ4n) is 1.66. The summed E-state index contributed by atoms with van der Waals surface area (Å²) in [5.74, 6) is 0.0836. The molecule has 0 fully saturated rings. The minimum atomic E-state index is -0.562. The van der Waals surface area contributed by atoms with E-state index in [9.17, 15) is 9.59 Å². The number of amides is 2. The van der Waals surface area contributed by atoms with Crippen LogP contribution in [0.2, 0.25) is 0 Å². The summed E-state index contributed by atoms with van der Waals surface area (Å²) in [5.41, 5.74) is 5.23. The molecule has 0 aromatic heterocycles. The second kappa shape index (κ2) is 6.73. The van der Waals surface area contributed by atoms with Crippen molar-refractivity contribution < 1.29 is 9.59 Å². The van der Waals surface area contributed by atoms with E-state index < -0.39 is 11.6 Å². The van der Waals surface area contributed by atoms with Crippen LogP contribution in [0, 0.1) is 5.92 Å². The third-order valence-corrected chi connectivity index (χ3v) is 2.40. The van der Waals surface area contributed by atoms with E-state index in [-0.39, 0.29) is 18.2 Å². The Morgan fingerprint density at radius 2 is 1.78 bits per heavy atom. The maximum absolute atomic E-state index is 12.0. The van der Waals surface area contributed by atoms with Gasteiger partial charge in [0.15, 0.2) is 0 Å². The molecule has 1 unspecified atom stereocenters. The first-order chi connectivity index (χ1) is 8.03. The van der Waals surface area contributed by atoms with Crippen LogP contribution < -0.4 is 11.1 Å². The smallest absolute Gasteiger partial charge is 0.244 e. The molecule has 0 aromatic carbocycles. The largest absolute Gasteiger partial charge is 0.347 e. The Hall–Kier alpha value is -1.10. The van der Waals surface area contributed by atoms with Gasteiger partial charge in [0.1, 0.15) is 6.04 Å². The van der Waals surface area contributed by atoms with E-state index in [2.05, 4.69) is 5.32 Å². The first-order valence-corrected chi connectivity index (χ1v) is 6.32. The number of nitrogens with one attached hydrogen (secondary N) is 1. The number of carbonyl (C=O) groups excluding carboxylic acids is 2. The van der Waals surface area contributed by atoms with Gasteiger partial charge in [-0.1, -0.05) is 13.8 Å². The Labute approximate surface area is 110 Å². The van der Waals surface area contributed by atoms with Gasteiger partial charge < -0.3 is 16.0 Å². The van der Waals surface area contributed by atoms with Gasteiger partial charge in [-0.2, -0.15) is 0 Å². The van der Waals surface area contributed by atoms with Crippen molar-refractivity contribution >= 4 is 11.8 Å². The molecule has 0 saturated carbocycles. The normalized spacial score (nSPS) is 13.3. The molecule has 0 saturated heterocycles. The zero-order valence-electron chi connectivity index (χ0n) is 12.4. The maximum Gasteiger partial charge on any atom is 0.244 e. The molecule has 0 rings (SSSR count). The van der Waals surface area contributed by atoms with E-state index in [0.29, 0.717) is 12.3 Å². The summed E-state index contributed by atoms with van der Waals surface area (Å²) in [6, 6.07) is -0.463. The van der Waals surface area contributed by atoms with Crippen LogP contribution in [0.5, 0.6) is 0 Å². The van der Waals surface area contributed by atoms with Crippen LogP contribution in [-0.4, -0.2) is 42.4 Å². The molecule has 2 amide bonds. The van der Waals surface area contributed by atoms with Gasteiger partial charge in [-0.05, 0) is 26.2 Å². The van der Waals surface area contributed by atoms with Gasteiger partial charge in [0.25, 0.3) is 0 Å². The Morgan fingerprint density at radius 1 is 1.28 bits per heavy atom. The summed E-state index contributed by atoms with van der Waals surface area (Å²) < 4.78 is 0. The van der Waals surface area contributed by atoms with Gasteiger partial charge in [0, 0.05) is 26.1 Å². The molecule has 5 nitrogen and oxygen atoms in total. The number of carbonyl (C=O) groups is 2. The summed E-state index contributed by atoms with van der Waals surface area (Å²) in [6.45, 7) is 7.62. The van der Waals surface area contributed by atoms with E-state index >= 15 is 0 Å². The Kier molecular flexibility index (Phi) is 6.32. The molecular weight excluding hydrogens is 230 g/mol. The lowest BCUT2D eigenvalue weighted by atomic mass is 9.99. The molecule has 0 bridgehead atoms. The molecule has 1 atom stereocenters. The highest BCUT2D eigenvalue weighted by Crippen LogP contribution is 2.09. The van der Waals surface area contributed by atoms with Crippen molar-refractivity contribution in [2.24, 2.45) is 11.7 Å². The van der Waals surface area contributed by atoms with E-state index in [1.165, 1.54) is 4.90 Å². The monoisotopic (exact) mass is 257 g/mol. The van der Waals surface area contributed by atoms with Gasteiger partial charge in [-0.3, -0.25) is 9.59 Å². The van der Waals surface area contributed by atoms with Crippen LogP contribution in [-0.2, 0) is 9.59 Å². The fourth-order valence-corrected chi connectivity index (χ4v) is 1.66. The highest BCUT2D eigenvalue weighted by atomic mass is 16.2. The van der Waals surface area contributed by atoms with E-state index in [0.717, 1.165) is 0 Å². The number of nitrogens with zero attached hydrogens (tertiary/aromatic N) is 1. The summed E-state index contributed by atoms with van der Waals surface area (Å²) in [5, 5.41) is 2.78. The lowest BCUT2D eigenvalue weighted by Gasteiger charge is -2.25. The highest BCUT2D eigenvalue weighted by Gasteiger charge is 2.25. The molecule has 106 valence electrons. The molecule has 18 heavy (non-hydrogen) atoms. The predicted octanol–water partition coefficient (Wildman–Crippen LogP) is 0.733. The number of rotatable bonds is 6. The van der Waals surface area contributed by atoms with Crippen LogP contribution in [0.25, 0.3) is 0 Å². The van der Waals surface area contributed by atoms with Crippen molar-refractivity contribution in [1.82, 2.24) is 10.2 Å². The van der Waals surface area contributed by atoms with Gasteiger partial charge >= 0.3 is 0 Å². The van der Waals surface area contributed by atoms with Crippen molar-refractivity contribution in [1.29, 1.82) is 0 Å². The topological polar surface area (TPSA) is 75.4 Å². The molecule has 0 spiro atoms. The van der Waals surface area contributed by atoms with Crippen LogP contribution in [0.3, 0.4) is 0 Å². The van der Waals surface area contributed by atoms with Crippen molar-refractivity contribution in [2.45, 2.75) is 52.1 Å². The molecule has 0 heterocycles. The zero-order valence-corrected chi connectivity index (χ0v) is 12.4. The third kappa shape index (κ3) is 7.27. The number of likely N-dealkylation sites (N-methyl/N-ethyl adjacent to an activating group) is 1. The number of hydrogen-bond acceptors (Lipinski definition) is 3. The van der Waals surface area contributed by atoms with Crippen LogP contribution in [0.15, 0.2) is 0 Å².